The van der Waals surface area contributed by atoms with Crippen molar-refractivity contribution in [3.63, 3.8) is 0 Å². The van der Waals surface area contributed by atoms with Gasteiger partial charge in [-0.15, -0.1) is 0 Å². The molecule has 1 aromatic heterocycles. The molecule has 0 radical (unpaired) electrons. The molecule has 1 saturated heterocycles. The number of piperidine rings is 1. The number of pyridine rings is 1. The highest BCUT2D eigenvalue weighted by atomic mass is 15.2. The first-order chi connectivity index (χ1) is 14.1. The molecular weight excluding hydrogens is 352 g/mol. The van der Waals surface area contributed by atoms with E-state index in [0.717, 1.165) is 31.3 Å². The fourth-order valence-electron chi connectivity index (χ4n) is 5.92. The minimum atomic E-state index is 0.809. The van der Waals surface area contributed by atoms with Gasteiger partial charge in [-0.2, -0.15) is 0 Å². The predicted molar refractivity (Wildman–Crippen MR) is 123 cm³/mol. The number of rotatable bonds is 5. The summed E-state index contributed by atoms with van der Waals surface area (Å²) in [6.07, 6.45) is 10.6. The lowest BCUT2D eigenvalue weighted by Crippen LogP contribution is -2.46. The summed E-state index contributed by atoms with van der Waals surface area (Å²) in [4.78, 5) is 7.96. The van der Waals surface area contributed by atoms with Crippen LogP contribution in [0, 0.1) is 19.8 Å². The number of hydrogen-bond acceptors (Lipinski definition) is 2. The zero-order chi connectivity index (χ0) is 20.4. The Labute approximate surface area is 177 Å². The third kappa shape index (κ3) is 4.14. The maximum absolute atomic E-state index is 5.16. The molecule has 156 valence electrons. The molecule has 1 saturated carbocycles. The smallest absolute Gasteiger partial charge is 0.0713 e. The average molecular weight is 391 g/mol. The van der Waals surface area contributed by atoms with Crippen molar-refractivity contribution in [2.24, 2.45) is 5.92 Å². The van der Waals surface area contributed by atoms with Crippen LogP contribution in [0.5, 0.6) is 0 Å². The van der Waals surface area contributed by atoms with Gasteiger partial charge in [0.25, 0.3) is 0 Å². The lowest BCUT2D eigenvalue weighted by Gasteiger charge is -2.44. The second kappa shape index (κ2) is 9.00. The zero-order valence-electron chi connectivity index (χ0n) is 18.9. The molecule has 0 bridgehead atoms. The normalized spacial score (nSPS) is 22.5. The lowest BCUT2D eigenvalue weighted by molar-refractivity contribution is 0.0543. The SMILES string of the molecule is CCc1cccc(CC)c1-c1cc(C)c(CN2CCCC3CCCCC32)c(C)n1. The van der Waals surface area contributed by atoms with Crippen molar-refractivity contribution in [3.05, 3.63) is 52.2 Å². The maximum Gasteiger partial charge on any atom is 0.0713 e. The van der Waals surface area contributed by atoms with E-state index in [1.807, 2.05) is 0 Å². The molecule has 1 aliphatic carbocycles. The van der Waals surface area contributed by atoms with Crippen molar-refractivity contribution in [1.29, 1.82) is 0 Å². The van der Waals surface area contributed by atoms with Gasteiger partial charge in [0.2, 0.25) is 0 Å². The molecule has 2 fully saturated rings. The Morgan fingerprint density at radius 2 is 1.66 bits per heavy atom. The number of nitrogens with zero attached hydrogens (tertiary/aromatic N) is 2. The van der Waals surface area contributed by atoms with Crippen molar-refractivity contribution < 1.29 is 0 Å². The van der Waals surface area contributed by atoms with E-state index < -0.39 is 0 Å². The van der Waals surface area contributed by atoms with E-state index >= 15 is 0 Å². The van der Waals surface area contributed by atoms with Crippen LogP contribution in [0.1, 0.15) is 80.3 Å². The number of fused-ring (bicyclic) bond motifs is 1. The molecule has 1 aromatic carbocycles. The Kier molecular flexibility index (Phi) is 6.39. The second-order valence-corrected chi connectivity index (χ2v) is 9.27. The van der Waals surface area contributed by atoms with Crippen molar-refractivity contribution in [3.8, 4) is 11.3 Å². The summed E-state index contributed by atoms with van der Waals surface area (Å²) >= 11 is 0. The Morgan fingerprint density at radius 3 is 2.34 bits per heavy atom. The van der Waals surface area contributed by atoms with Crippen LogP contribution in [0.3, 0.4) is 0 Å². The zero-order valence-corrected chi connectivity index (χ0v) is 18.9. The van der Waals surface area contributed by atoms with E-state index in [1.165, 1.54) is 84.3 Å². The second-order valence-electron chi connectivity index (χ2n) is 9.27. The number of likely N-dealkylation sites (tertiary alicyclic amines) is 1. The van der Waals surface area contributed by atoms with Gasteiger partial charge in [0.15, 0.2) is 0 Å². The van der Waals surface area contributed by atoms with Gasteiger partial charge in [0.05, 0.1) is 5.69 Å². The molecule has 2 nitrogen and oxygen atoms in total. The van der Waals surface area contributed by atoms with Gasteiger partial charge in [-0.25, -0.2) is 0 Å². The summed E-state index contributed by atoms with van der Waals surface area (Å²) in [5, 5.41) is 0. The highest BCUT2D eigenvalue weighted by molar-refractivity contribution is 5.69. The van der Waals surface area contributed by atoms with Crippen molar-refractivity contribution in [2.75, 3.05) is 6.54 Å². The van der Waals surface area contributed by atoms with Gasteiger partial charge < -0.3 is 0 Å². The van der Waals surface area contributed by atoms with Crippen molar-refractivity contribution in [1.82, 2.24) is 9.88 Å². The van der Waals surface area contributed by atoms with Gasteiger partial charge in [0, 0.05) is 23.8 Å². The van der Waals surface area contributed by atoms with Crippen LogP contribution < -0.4 is 0 Å². The molecular formula is C27H38N2. The minimum absolute atomic E-state index is 0.809. The Balaban J connectivity index is 1.65. The van der Waals surface area contributed by atoms with E-state index in [2.05, 4.69) is 56.9 Å². The van der Waals surface area contributed by atoms with E-state index in [4.69, 9.17) is 4.98 Å². The molecule has 2 heterocycles. The molecule has 0 spiro atoms. The molecule has 2 heteroatoms. The van der Waals surface area contributed by atoms with Crippen LogP contribution in [0.2, 0.25) is 0 Å². The van der Waals surface area contributed by atoms with E-state index in [-0.39, 0.29) is 0 Å². The summed E-state index contributed by atoms with van der Waals surface area (Å²) in [6, 6.07) is 9.91. The standard InChI is InChI=1S/C27H38N2/c1-5-21-12-9-13-22(6-2)27(21)25-17-19(3)24(20(4)28-25)18-29-16-10-14-23-11-7-8-15-26(23)29/h9,12-13,17,23,26H,5-8,10-11,14-16,18H2,1-4H3. The molecule has 0 amide bonds. The van der Waals surface area contributed by atoms with E-state index in [0.29, 0.717) is 0 Å². The Morgan fingerprint density at radius 1 is 0.966 bits per heavy atom. The van der Waals surface area contributed by atoms with Gasteiger partial charge >= 0.3 is 0 Å². The third-order valence-corrected chi connectivity index (χ3v) is 7.53. The van der Waals surface area contributed by atoms with Crippen LogP contribution in [-0.2, 0) is 19.4 Å². The summed E-state index contributed by atoms with van der Waals surface area (Å²) in [5.74, 6) is 0.939. The molecule has 29 heavy (non-hydrogen) atoms. The highest BCUT2D eigenvalue weighted by Gasteiger charge is 2.33. The number of aromatic nitrogens is 1. The van der Waals surface area contributed by atoms with Crippen LogP contribution in [0.15, 0.2) is 24.3 Å². The fraction of sp³-hybridized carbons (Fsp3) is 0.593. The molecule has 0 N–H and O–H groups in total. The predicted octanol–water partition coefficient (Wildman–Crippen LogP) is 6.64. The first-order valence-electron chi connectivity index (χ1n) is 11.9. The van der Waals surface area contributed by atoms with Gasteiger partial charge in [-0.1, -0.05) is 44.9 Å². The van der Waals surface area contributed by atoms with Crippen LogP contribution in [0.25, 0.3) is 11.3 Å². The molecule has 2 atom stereocenters. The average Bonchev–Trinajstić information content (AvgIpc) is 2.75. The highest BCUT2D eigenvalue weighted by Crippen LogP contribution is 2.37. The maximum atomic E-state index is 5.16. The van der Waals surface area contributed by atoms with Gasteiger partial charge in [-0.05, 0) is 93.2 Å². The summed E-state index contributed by atoms with van der Waals surface area (Å²) < 4.78 is 0. The first-order valence-corrected chi connectivity index (χ1v) is 11.9. The number of hydrogen-bond donors (Lipinski definition) is 0. The minimum Gasteiger partial charge on any atom is -0.296 e. The first kappa shape index (κ1) is 20.6. The van der Waals surface area contributed by atoms with Crippen molar-refractivity contribution >= 4 is 0 Å². The summed E-state index contributed by atoms with van der Waals surface area (Å²) in [5.41, 5.74) is 9.50. The summed E-state index contributed by atoms with van der Waals surface area (Å²) in [6.45, 7) is 11.4. The Bertz CT molecular complexity index is 806. The Hall–Kier alpha value is -1.67. The van der Waals surface area contributed by atoms with Crippen molar-refractivity contribution in [2.45, 2.75) is 91.6 Å². The number of aryl methyl sites for hydroxylation is 4. The molecule has 2 aliphatic rings. The number of benzene rings is 1. The molecule has 2 aromatic rings. The fourth-order valence-corrected chi connectivity index (χ4v) is 5.92. The van der Waals surface area contributed by atoms with E-state index in [1.54, 1.807) is 0 Å². The lowest BCUT2D eigenvalue weighted by atomic mass is 9.78. The van der Waals surface area contributed by atoms with Gasteiger partial charge in [-0.3, -0.25) is 9.88 Å². The van der Waals surface area contributed by atoms with Crippen LogP contribution in [-0.4, -0.2) is 22.5 Å². The van der Waals surface area contributed by atoms with Crippen LogP contribution >= 0.6 is 0 Å². The molecule has 2 unspecified atom stereocenters. The topological polar surface area (TPSA) is 16.1 Å². The monoisotopic (exact) mass is 390 g/mol. The summed E-state index contributed by atoms with van der Waals surface area (Å²) in [7, 11) is 0. The third-order valence-electron chi connectivity index (χ3n) is 7.53. The van der Waals surface area contributed by atoms with E-state index in [9.17, 15) is 0 Å². The quantitative estimate of drug-likeness (QED) is 0.568. The molecule has 4 rings (SSSR count). The van der Waals surface area contributed by atoms with Gasteiger partial charge in [0.1, 0.15) is 0 Å². The largest absolute Gasteiger partial charge is 0.296 e. The molecule has 1 aliphatic heterocycles. The van der Waals surface area contributed by atoms with Crippen LogP contribution in [0.4, 0.5) is 0 Å².